The van der Waals surface area contributed by atoms with E-state index in [1.54, 1.807) is 7.11 Å². The molecule has 2 heterocycles. The molecule has 26 heavy (non-hydrogen) atoms. The van der Waals surface area contributed by atoms with Crippen LogP contribution in [0.15, 0.2) is 42.6 Å². The van der Waals surface area contributed by atoms with Crippen LogP contribution in [0.1, 0.15) is 37.6 Å². The van der Waals surface area contributed by atoms with Gasteiger partial charge in [0.2, 0.25) is 0 Å². The molecule has 0 amide bonds. The van der Waals surface area contributed by atoms with Crippen molar-refractivity contribution in [1.29, 1.82) is 0 Å². The van der Waals surface area contributed by atoms with Crippen molar-refractivity contribution in [2.75, 3.05) is 13.7 Å². The Morgan fingerprint density at radius 3 is 2.81 bits per heavy atom. The first kappa shape index (κ1) is 18.2. The Labute approximate surface area is 154 Å². The Morgan fingerprint density at radius 1 is 1.04 bits per heavy atom. The minimum Gasteiger partial charge on any atom is -0.493 e. The monoisotopic (exact) mass is 354 g/mol. The highest BCUT2D eigenvalue weighted by atomic mass is 16.5. The topological polar surface area (TPSA) is 60.7 Å². The number of nitrogens with one attached hydrogen (secondary N) is 1. The van der Waals surface area contributed by atoms with Crippen molar-refractivity contribution in [2.24, 2.45) is 0 Å². The molecule has 1 N–H and O–H groups in total. The maximum atomic E-state index is 5.90. The SMILES string of the molecule is CCCCCOc1cc(CNCc2nnc3ccccn23)ccc1OC. The van der Waals surface area contributed by atoms with E-state index in [0.717, 1.165) is 41.5 Å². The van der Waals surface area contributed by atoms with Gasteiger partial charge >= 0.3 is 0 Å². The van der Waals surface area contributed by atoms with Gasteiger partial charge in [-0.15, -0.1) is 10.2 Å². The van der Waals surface area contributed by atoms with Gasteiger partial charge in [0.05, 0.1) is 20.3 Å². The van der Waals surface area contributed by atoms with Crippen LogP contribution in [-0.4, -0.2) is 28.3 Å². The van der Waals surface area contributed by atoms with Crippen LogP contribution in [0.2, 0.25) is 0 Å². The maximum Gasteiger partial charge on any atom is 0.161 e. The summed E-state index contributed by atoms with van der Waals surface area (Å²) in [6.07, 6.45) is 5.39. The fraction of sp³-hybridized carbons (Fsp3) is 0.400. The van der Waals surface area contributed by atoms with E-state index in [2.05, 4.69) is 22.4 Å². The van der Waals surface area contributed by atoms with Crippen LogP contribution in [0.25, 0.3) is 5.65 Å². The minimum absolute atomic E-state index is 0.643. The molecule has 0 aliphatic rings. The summed E-state index contributed by atoms with van der Waals surface area (Å²) < 4.78 is 13.3. The zero-order valence-electron chi connectivity index (χ0n) is 15.4. The van der Waals surface area contributed by atoms with Crippen molar-refractivity contribution in [2.45, 2.75) is 39.3 Å². The molecule has 0 spiro atoms. The zero-order chi connectivity index (χ0) is 18.2. The molecule has 1 aromatic carbocycles. The first-order valence-electron chi connectivity index (χ1n) is 9.11. The largest absolute Gasteiger partial charge is 0.493 e. The van der Waals surface area contributed by atoms with E-state index in [9.17, 15) is 0 Å². The third-order valence-corrected chi connectivity index (χ3v) is 4.23. The fourth-order valence-corrected chi connectivity index (χ4v) is 2.81. The van der Waals surface area contributed by atoms with Crippen LogP contribution >= 0.6 is 0 Å². The first-order chi connectivity index (χ1) is 12.8. The highest BCUT2D eigenvalue weighted by Crippen LogP contribution is 2.28. The molecule has 0 aliphatic heterocycles. The van der Waals surface area contributed by atoms with E-state index >= 15 is 0 Å². The maximum absolute atomic E-state index is 5.90. The molecule has 6 nitrogen and oxygen atoms in total. The third kappa shape index (κ3) is 4.52. The number of ether oxygens (including phenoxy) is 2. The molecule has 3 aromatic rings. The molecular weight excluding hydrogens is 328 g/mol. The molecule has 0 unspecified atom stereocenters. The van der Waals surface area contributed by atoms with Gasteiger partial charge in [-0.25, -0.2) is 0 Å². The number of benzene rings is 1. The number of rotatable bonds is 10. The van der Waals surface area contributed by atoms with Gasteiger partial charge in [0.1, 0.15) is 0 Å². The first-order valence-corrected chi connectivity index (χ1v) is 9.11. The summed E-state index contributed by atoms with van der Waals surface area (Å²) in [5.74, 6) is 2.47. The molecule has 138 valence electrons. The Kier molecular flexibility index (Phi) is 6.44. The minimum atomic E-state index is 0.643. The number of hydrogen-bond donors (Lipinski definition) is 1. The molecule has 2 aromatic heterocycles. The number of methoxy groups -OCH3 is 1. The molecular formula is C20H26N4O2. The molecule has 0 atom stereocenters. The number of hydrogen-bond acceptors (Lipinski definition) is 5. The normalized spacial score (nSPS) is 11.0. The molecule has 0 saturated heterocycles. The van der Waals surface area contributed by atoms with Crippen LogP contribution in [0.3, 0.4) is 0 Å². The van der Waals surface area contributed by atoms with Crippen LogP contribution in [0.4, 0.5) is 0 Å². The Balaban J connectivity index is 1.58. The summed E-state index contributed by atoms with van der Waals surface area (Å²) in [7, 11) is 1.67. The fourth-order valence-electron chi connectivity index (χ4n) is 2.81. The zero-order valence-corrected chi connectivity index (χ0v) is 15.4. The molecule has 0 aliphatic carbocycles. The lowest BCUT2D eigenvalue weighted by Crippen LogP contribution is -2.15. The smallest absolute Gasteiger partial charge is 0.161 e. The second-order valence-corrected chi connectivity index (χ2v) is 6.19. The van der Waals surface area contributed by atoms with Crippen LogP contribution in [0.5, 0.6) is 11.5 Å². The second-order valence-electron chi connectivity index (χ2n) is 6.19. The number of unbranched alkanes of at least 4 members (excludes halogenated alkanes) is 2. The lowest BCUT2D eigenvalue weighted by molar-refractivity contribution is 0.285. The van der Waals surface area contributed by atoms with Gasteiger partial charge in [0, 0.05) is 12.7 Å². The number of aromatic nitrogens is 3. The predicted molar refractivity (Wildman–Crippen MR) is 102 cm³/mol. The summed E-state index contributed by atoms with van der Waals surface area (Å²) >= 11 is 0. The third-order valence-electron chi connectivity index (χ3n) is 4.23. The van der Waals surface area contributed by atoms with Gasteiger partial charge < -0.3 is 14.8 Å². The van der Waals surface area contributed by atoms with E-state index in [4.69, 9.17) is 9.47 Å². The van der Waals surface area contributed by atoms with E-state index in [1.165, 1.54) is 12.8 Å². The van der Waals surface area contributed by atoms with Gasteiger partial charge in [-0.3, -0.25) is 4.40 Å². The molecule has 0 fully saturated rings. The van der Waals surface area contributed by atoms with Crippen LogP contribution < -0.4 is 14.8 Å². The molecule has 0 radical (unpaired) electrons. The number of pyridine rings is 1. The number of fused-ring (bicyclic) bond motifs is 1. The van der Waals surface area contributed by atoms with Crippen molar-refractivity contribution < 1.29 is 9.47 Å². The Hall–Kier alpha value is -2.60. The molecule has 0 bridgehead atoms. The molecule has 0 saturated carbocycles. The highest BCUT2D eigenvalue weighted by Gasteiger charge is 2.07. The summed E-state index contributed by atoms with van der Waals surface area (Å²) in [5.41, 5.74) is 2.00. The standard InChI is InChI=1S/C20H26N4O2/c1-3-4-7-12-26-18-13-16(9-10-17(18)25-2)14-21-15-20-23-22-19-8-5-6-11-24(19)20/h5-6,8-11,13,21H,3-4,7,12,14-15H2,1-2H3. The quantitative estimate of drug-likeness (QED) is 0.564. The van der Waals surface area contributed by atoms with Crippen LogP contribution in [0, 0.1) is 0 Å². The predicted octanol–water partition coefficient (Wildman–Crippen LogP) is 3.60. The van der Waals surface area contributed by atoms with E-state index in [1.807, 2.05) is 47.0 Å². The summed E-state index contributed by atoms with van der Waals surface area (Å²) in [4.78, 5) is 0. The average molecular weight is 354 g/mol. The Morgan fingerprint density at radius 2 is 1.96 bits per heavy atom. The van der Waals surface area contributed by atoms with E-state index in [-0.39, 0.29) is 0 Å². The lowest BCUT2D eigenvalue weighted by atomic mass is 10.2. The summed E-state index contributed by atoms with van der Waals surface area (Å²) in [6, 6.07) is 11.9. The van der Waals surface area contributed by atoms with Gasteiger partial charge in [-0.1, -0.05) is 31.9 Å². The summed E-state index contributed by atoms with van der Waals surface area (Å²) in [6.45, 7) is 4.26. The van der Waals surface area contributed by atoms with E-state index in [0.29, 0.717) is 13.2 Å². The van der Waals surface area contributed by atoms with Gasteiger partial charge in [-0.05, 0) is 36.2 Å². The van der Waals surface area contributed by atoms with Crippen molar-refractivity contribution in [3.8, 4) is 11.5 Å². The van der Waals surface area contributed by atoms with Crippen molar-refractivity contribution in [1.82, 2.24) is 19.9 Å². The van der Waals surface area contributed by atoms with Gasteiger partial charge in [-0.2, -0.15) is 0 Å². The number of nitrogens with zero attached hydrogens (tertiary/aromatic N) is 3. The Bertz CT molecular complexity index is 832. The molecule has 3 rings (SSSR count). The summed E-state index contributed by atoms with van der Waals surface area (Å²) in [5, 5.41) is 11.8. The van der Waals surface area contributed by atoms with Crippen LogP contribution in [-0.2, 0) is 13.1 Å². The lowest BCUT2D eigenvalue weighted by Gasteiger charge is -2.12. The van der Waals surface area contributed by atoms with Gasteiger partial charge in [0.15, 0.2) is 23.0 Å². The van der Waals surface area contributed by atoms with Crippen molar-refractivity contribution in [3.05, 3.63) is 54.0 Å². The van der Waals surface area contributed by atoms with Crippen molar-refractivity contribution >= 4 is 5.65 Å². The molecule has 6 heteroatoms. The average Bonchev–Trinajstić information content (AvgIpc) is 3.09. The van der Waals surface area contributed by atoms with E-state index < -0.39 is 0 Å². The highest BCUT2D eigenvalue weighted by molar-refractivity contribution is 5.43. The van der Waals surface area contributed by atoms with Gasteiger partial charge in [0.25, 0.3) is 0 Å². The van der Waals surface area contributed by atoms with Crippen molar-refractivity contribution in [3.63, 3.8) is 0 Å². The second kappa shape index (κ2) is 9.20.